The Hall–Kier alpha value is -3.60. The van der Waals surface area contributed by atoms with Gasteiger partial charge in [0.1, 0.15) is 11.8 Å². The number of nitriles is 1. The van der Waals surface area contributed by atoms with Crippen molar-refractivity contribution in [1.29, 1.82) is 5.26 Å². The highest BCUT2D eigenvalue weighted by molar-refractivity contribution is 5.85. The second kappa shape index (κ2) is 9.03. The summed E-state index contributed by atoms with van der Waals surface area (Å²) in [4.78, 5) is 23.6. The fourth-order valence-corrected chi connectivity index (χ4v) is 1.88. The van der Waals surface area contributed by atoms with Crippen molar-refractivity contribution in [2.45, 2.75) is 13.0 Å². The molecule has 8 heteroatoms. The van der Waals surface area contributed by atoms with Gasteiger partial charge in [0.15, 0.2) is 24.3 Å². The van der Waals surface area contributed by atoms with E-state index >= 15 is 0 Å². The Morgan fingerprint density at radius 1 is 1.12 bits per heavy atom. The smallest absolute Gasteiger partial charge is 0.279 e. The van der Waals surface area contributed by atoms with Gasteiger partial charge in [0.25, 0.3) is 11.8 Å². The highest BCUT2D eigenvalue weighted by Gasteiger charge is 2.17. The number of amides is 2. The Balaban J connectivity index is 1.78. The molecule has 0 unspecified atom stereocenters. The predicted molar refractivity (Wildman–Crippen MR) is 89.4 cm³/mol. The zero-order valence-electron chi connectivity index (χ0n) is 13.9. The normalized spacial score (nSPS) is 11.0. The van der Waals surface area contributed by atoms with Crippen molar-refractivity contribution in [3.8, 4) is 17.6 Å². The SMILES string of the molecule is C[C@H](Oc1ccccc1F)C(=O)NNC(=O)COc1ccccc1C#N. The van der Waals surface area contributed by atoms with Crippen LogP contribution in [0.1, 0.15) is 12.5 Å². The van der Waals surface area contributed by atoms with E-state index in [4.69, 9.17) is 14.7 Å². The van der Waals surface area contributed by atoms with E-state index in [2.05, 4.69) is 10.9 Å². The van der Waals surface area contributed by atoms with E-state index in [1.54, 1.807) is 30.3 Å². The third-order valence-corrected chi connectivity index (χ3v) is 3.20. The average molecular weight is 357 g/mol. The summed E-state index contributed by atoms with van der Waals surface area (Å²) >= 11 is 0. The van der Waals surface area contributed by atoms with Crippen LogP contribution in [0.3, 0.4) is 0 Å². The number of carbonyl (C=O) groups excluding carboxylic acids is 2. The molecule has 0 heterocycles. The van der Waals surface area contributed by atoms with Crippen LogP contribution < -0.4 is 20.3 Å². The van der Waals surface area contributed by atoms with E-state index in [9.17, 15) is 14.0 Å². The standard InChI is InChI=1S/C18H16FN3O4/c1-12(26-16-9-5-3-7-14(16)19)18(24)22-21-17(23)11-25-15-8-4-2-6-13(15)10-20/h2-9,12H,11H2,1H3,(H,21,23)(H,22,24)/t12-/m0/s1. The Morgan fingerprint density at radius 2 is 1.77 bits per heavy atom. The minimum absolute atomic E-state index is 0.0714. The molecule has 0 saturated carbocycles. The van der Waals surface area contributed by atoms with Crippen LogP contribution in [-0.2, 0) is 9.59 Å². The first-order valence-electron chi connectivity index (χ1n) is 7.63. The van der Waals surface area contributed by atoms with Gasteiger partial charge in [-0.3, -0.25) is 20.4 Å². The van der Waals surface area contributed by atoms with Crippen LogP contribution in [0, 0.1) is 17.1 Å². The minimum Gasteiger partial charge on any atom is -0.482 e. The topological polar surface area (TPSA) is 100 Å². The molecule has 2 aromatic rings. The molecule has 2 rings (SSSR count). The highest BCUT2D eigenvalue weighted by atomic mass is 19.1. The van der Waals surface area contributed by atoms with Gasteiger partial charge in [-0.05, 0) is 31.2 Å². The molecule has 0 spiro atoms. The summed E-state index contributed by atoms with van der Waals surface area (Å²) in [6.07, 6.45) is -1.03. The molecule has 2 N–H and O–H groups in total. The quantitative estimate of drug-likeness (QED) is 0.767. The molecule has 7 nitrogen and oxygen atoms in total. The average Bonchev–Trinajstić information content (AvgIpc) is 2.66. The lowest BCUT2D eigenvalue weighted by molar-refractivity contribution is -0.133. The summed E-state index contributed by atoms with van der Waals surface area (Å²) in [5.74, 6) is -1.71. The molecule has 0 aliphatic heterocycles. The van der Waals surface area contributed by atoms with Crippen molar-refractivity contribution in [2.24, 2.45) is 0 Å². The zero-order chi connectivity index (χ0) is 18.9. The number of nitrogens with zero attached hydrogens (tertiary/aromatic N) is 1. The lowest BCUT2D eigenvalue weighted by Crippen LogP contribution is -2.48. The lowest BCUT2D eigenvalue weighted by Gasteiger charge is -2.15. The van der Waals surface area contributed by atoms with E-state index in [0.717, 1.165) is 0 Å². The Morgan fingerprint density at radius 3 is 2.46 bits per heavy atom. The number of ether oxygens (including phenoxy) is 2. The van der Waals surface area contributed by atoms with Crippen molar-refractivity contribution in [3.63, 3.8) is 0 Å². The van der Waals surface area contributed by atoms with E-state index in [0.29, 0.717) is 0 Å². The van der Waals surface area contributed by atoms with Crippen LogP contribution >= 0.6 is 0 Å². The summed E-state index contributed by atoms with van der Waals surface area (Å²) in [7, 11) is 0. The van der Waals surface area contributed by atoms with Gasteiger partial charge in [0.05, 0.1) is 5.56 Å². The van der Waals surface area contributed by atoms with Crippen LogP contribution in [0.2, 0.25) is 0 Å². The predicted octanol–water partition coefficient (Wildman–Crippen LogP) is 1.69. The van der Waals surface area contributed by atoms with E-state index < -0.39 is 30.3 Å². The summed E-state index contributed by atoms with van der Waals surface area (Å²) in [5.41, 5.74) is 4.60. The van der Waals surface area contributed by atoms with Crippen LogP contribution in [0.15, 0.2) is 48.5 Å². The van der Waals surface area contributed by atoms with E-state index in [1.165, 1.54) is 25.1 Å². The molecule has 0 aliphatic carbocycles. The minimum atomic E-state index is -1.03. The van der Waals surface area contributed by atoms with Gasteiger partial charge in [-0.15, -0.1) is 0 Å². The second-order valence-electron chi connectivity index (χ2n) is 5.12. The lowest BCUT2D eigenvalue weighted by atomic mass is 10.2. The molecule has 0 fully saturated rings. The first-order valence-corrected chi connectivity index (χ1v) is 7.63. The summed E-state index contributed by atoms with van der Waals surface area (Å²) in [6, 6.07) is 14.0. The number of carbonyl (C=O) groups is 2. The number of hydrogen-bond acceptors (Lipinski definition) is 5. The summed E-state index contributed by atoms with van der Waals surface area (Å²) in [5, 5.41) is 8.93. The van der Waals surface area contributed by atoms with Gasteiger partial charge in [-0.25, -0.2) is 4.39 Å². The maximum atomic E-state index is 13.5. The first kappa shape index (κ1) is 18.7. The maximum Gasteiger partial charge on any atom is 0.279 e. The Bertz CT molecular complexity index is 835. The van der Waals surface area contributed by atoms with E-state index in [1.807, 2.05) is 6.07 Å². The van der Waals surface area contributed by atoms with Gasteiger partial charge in [0, 0.05) is 0 Å². The number of halogens is 1. The number of rotatable bonds is 6. The molecule has 134 valence electrons. The summed E-state index contributed by atoms with van der Waals surface area (Å²) in [6.45, 7) is 1.01. The Kier molecular flexibility index (Phi) is 6.51. The van der Waals surface area contributed by atoms with Crippen LogP contribution in [0.25, 0.3) is 0 Å². The third kappa shape index (κ3) is 5.21. The maximum absolute atomic E-state index is 13.5. The third-order valence-electron chi connectivity index (χ3n) is 3.20. The van der Waals surface area contributed by atoms with Crippen molar-refractivity contribution < 1.29 is 23.5 Å². The molecular weight excluding hydrogens is 341 g/mol. The first-order chi connectivity index (χ1) is 12.5. The van der Waals surface area contributed by atoms with Crippen molar-refractivity contribution in [2.75, 3.05) is 6.61 Å². The summed E-state index contributed by atoms with van der Waals surface area (Å²) < 4.78 is 23.9. The van der Waals surface area contributed by atoms with Crippen molar-refractivity contribution in [1.82, 2.24) is 10.9 Å². The van der Waals surface area contributed by atoms with Crippen molar-refractivity contribution >= 4 is 11.8 Å². The largest absolute Gasteiger partial charge is 0.482 e. The van der Waals surface area contributed by atoms with Crippen molar-refractivity contribution in [3.05, 3.63) is 59.9 Å². The van der Waals surface area contributed by atoms with E-state index in [-0.39, 0.29) is 17.1 Å². The van der Waals surface area contributed by atoms with Gasteiger partial charge >= 0.3 is 0 Å². The van der Waals surface area contributed by atoms with Crippen LogP contribution in [0.5, 0.6) is 11.5 Å². The highest BCUT2D eigenvalue weighted by Crippen LogP contribution is 2.17. The number of hydrogen-bond donors (Lipinski definition) is 2. The number of nitrogens with one attached hydrogen (secondary N) is 2. The number of benzene rings is 2. The molecule has 2 aromatic carbocycles. The van der Waals surface area contributed by atoms with Gasteiger partial charge < -0.3 is 9.47 Å². The van der Waals surface area contributed by atoms with Gasteiger partial charge in [-0.1, -0.05) is 24.3 Å². The van der Waals surface area contributed by atoms with Gasteiger partial charge in [-0.2, -0.15) is 5.26 Å². The molecule has 0 aliphatic rings. The molecule has 26 heavy (non-hydrogen) atoms. The molecule has 0 aromatic heterocycles. The van der Waals surface area contributed by atoms with Gasteiger partial charge in [0.2, 0.25) is 0 Å². The molecule has 2 amide bonds. The number of hydrazine groups is 1. The van der Waals surface area contributed by atoms with Crippen LogP contribution in [0.4, 0.5) is 4.39 Å². The molecule has 1 atom stereocenters. The number of para-hydroxylation sites is 2. The molecular formula is C18H16FN3O4. The second-order valence-corrected chi connectivity index (χ2v) is 5.12. The Labute approximate surface area is 149 Å². The monoisotopic (exact) mass is 357 g/mol. The molecule has 0 radical (unpaired) electrons. The fourth-order valence-electron chi connectivity index (χ4n) is 1.88. The molecule has 0 saturated heterocycles. The molecule has 0 bridgehead atoms. The van der Waals surface area contributed by atoms with Crippen LogP contribution in [-0.4, -0.2) is 24.5 Å². The zero-order valence-corrected chi connectivity index (χ0v) is 13.9. The fraction of sp³-hybridized carbons (Fsp3) is 0.167.